The molecular weight excluding hydrogens is 244 g/mol. The van der Waals surface area contributed by atoms with Crippen molar-refractivity contribution in [3.63, 3.8) is 0 Å². The van der Waals surface area contributed by atoms with Crippen LogP contribution in [0.5, 0.6) is 0 Å². The van der Waals surface area contributed by atoms with E-state index < -0.39 is 0 Å². The van der Waals surface area contributed by atoms with Gasteiger partial charge in [0, 0.05) is 17.9 Å². The molecule has 2 saturated heterocycles. The van der Waals surface area contributed by atoms with Crippen molar-refractivity contribution < 1.29 is 19.1 Å². The zero-order valence-electron chi connectivity index (χ0n) is 11.5. The number of hydrogen-bond donors (Lipinski definition) is 0. The summed E-state index contributed by atoms with van der Waals surface area (Å²) in [4.78, 5) is 22.5. The second kappa shape index (κ2) is 5.59. The minimum Gasteiger partial charge on any atom is -0.462 e. The molecule has 0 radical (unpaired) electrons. The van der Waals surface area contributed by atoms with Gasteiger partial charge in [-0.05, 0) is 19.8 Å². The van der Waals surface area contributed by atoms with E-state index in [2.05, 4.69) is 12.7 Å². The molecule has 0 aromatic carbocycles. The number of esters is 2. The number of cyclic esters (lactones) is 2. The van der Waals surface area contributed by atoms with Gasteiger partial charge in [0.1, 0.15) is 6.10 Å². The third-order valence-electron chi connectivity index (χ3n) is 3.77. The van der Waals surface area contributed by atoms with E-state index in [0.29, 0.717) is 12.2 Å². The molecule has 19 heavy (non-hydrogen) atoms. The molecule has 0 aliphatic carbocycles. The summed E-state index contributed by atoms with van der Waals surface area (Å²) in [6, 6.07) is 0. The van der Waals surface area contributed by atoms with Crippen LogP contribution in [0.4, 0.5) is 0 Å². The highest BCUT2D eigenvalue weighted by molar-refractivity contribution is 5.90. The maximum atomic E-state index is 11.3. The normalized spacial score (nSPS) is 31.6. The van der Waals surface area contributed by atoms with E-state index in [1.54, 1.807) is 0 Å². The van der Waals surface area contributed by atoms with Crippen LogP contribution in [0.3, 0.4) is 0 Å². The van der Waals surface area contributed by atoms with Gasteiger partial charge in [-0.2, -0.15) is 0 Å². The molecule has 0 N–H and O–H groups in total. The van der Waals surface area contributed by atoms with E-state index in [4.69, 9.17) is 9.47 Å². The van der Waals surface area contributed by atoms with Crippen molar-refractivity contribution in [3.8, 4) is 0 Å². The van der Waals surface area contributed by atoms with Crippen molar-refractivity contribution in [2.75, 3.05) is 6.61 Å². The Balaban J connectivity index is 1.82. The third-order valence-corrected chi connectivity index (χ3v) is 3.77. The topological polar surface area (TPSA) is 52.6 Å². The molecule has 104 valence electrons. The van der Waals surface area contributed by atoms with Crippen LogP contribution in [-0.2, 0) is 19.1 Å². The van der Waals surface area contributed by atoms with Gasteiger partial charge < -0.3 is 9.47 Å². The summed E-state index contributed by atoms with van der Waals surface area (Å²) in [5.41, 5.74) is 1.74. The average molecular weight is 264 g/mol. The standard InChI is InChI=1S/C15H20O4/c1-9(6-13-7-10(2)14(16)19-13)4-5-12-8-18-15(17)11(12)3/h4,10,12-13H,3,5-8H2,1-2H3/b9-4+/t10-,12-,13-/m0/s1. The van der Waals surface area contributed by atoms with Gasteiger partial charge in [0.25, 0.3) is 0 Å². The van der Waals surface area contributed by atoms with Gasteiger partial charge in [-0.3, -0.25) is 4.79 Å². The second-order valence-corrected chi connectivity index (χ2v) is 5.51. The van der Waals surface area contributed by atoms with Gasteiger partial charge in [-0.1, -0.05) is 25.2 Å². The highest BCUT2D eigenvalue weighted by Crippen LogP contribution is 2.27. The lowest BCUT2D eigenvalue weighted by atomic mass is 9.96. The maximum Gasteiger partial charge on any atom is 0.333 e. The van der Waals surface area contributed by atoms with E-state index in [0.717, 1.165) is 19.3 Å². The molecule has 2 heterocycles. The first-order chi connectivity index (χ1) is 8.97. The Morgan fingerprint density at radius 1 is 1.47 bits per heavy atom. The predicted molar refractivity (Wildman–Crippen MR) is 70.2 cm³/mol. The van der Waals surface area contributed by atoms with Crippen LogP contribution in [-0.4, -0.2) is 24.6 Å². The number of rotatable bonds is 4. The molecule has 0 saturated carbocycles. The summed E-state index contributed by atoms with van der Waals surface area (Å²) >= 11 is 0. The molecule has 0 spiro atoms. The lowest BCUT2D eigenvalue weighted by Crippen LogP contribution is -2.07. The first kappa shape index (κ1) is 13.8. The van der Waals surface area contributed by atoms with E-state index in [9.17, 15) is 9.59 Å². The quantitative estimate of drug-likeness (QED) is 0.444. The molecule has 0 unspecified atom stereocenters. The fourth-order valence-electron chi connectivity index (χ4n) is 2.48. The summed E-state index contributed by atoms with van der Waals surface area (Å²) in [5.74, 6) is -0.276. The monoisotopic (exact) mass is 264 g/mol. The van der Waals surface area contributed by atoms with Crippen molar-refractivity contribution in [2.45, 2.75) is 39.2 Å². The van der Waals surface area contributed by atoms with E-state index in [-0.39, 0.29) is 29.9 Å². The fraction of sp³-hybridized carbons (Fsp3) is 0.600. The van der Waals surface area contributed by atoms with Crippen molar-refractivity contribution >= 4 is 11.9 Å². The Morgan fingerprint density at radius 2 is 2.21 bits per heavy atom. The maximum absolute atomic E-state index is 11.3. The molecule has 0 bridgehead atoms. The van der Waals surface area contributed by atoms with Crippen LogP contribution < -0.4 is 0 Å². The Hall–Kier alpha value is -1.58. The van der Waals surface area contributed by atoms with Gasteiger partial charge in [0.05, 0.1) is 12.5 Å². The molecule has 2 rings (SSSR count). The van der Waals surface area contributed by atoms with Gasteiger partial charge in [0.2, 0.25) is 0 Å². The Bertz CT molecular complexity index is 435. The number of allylic oxidation sites excluding steroid dienone is 1. The van der Waals surface area contributed by atoms with Crippen LogP contribution in [0.15, 0.2) is 23.8 Å². The smallest absolute Gasteiger partial charge is 0.333 e. The average Bonchev–Trinajstić information content (AvgIpc) is 2.82. The minimum atomic E-state index is -0.283. The summed E-state index contributed by atoms with van der Waals surface area (Å²) < 4.78 is 10.2. The lowest BCUT2D eigenvalue weighted by Gasteiger charge is -2.10. The summed E-state index contributed by atoms with van der Waals surface area (Å²) in [5, 5.41) is 0. The van der Waals surface area contributed by atoms with Crippen LogP contribution >= 0.6 is 0 Å². The summed E-state index contributed by atoms with van der Waals surface area (Å²) in [6.45, 7) is 8.09. The largest absolute Gasteiger partial charge is 0.462 e. The minimum absolute atomic E-state index is 0.00316. The van der Waals surface area contributed by atoms with Crippen molar-refractivity contribution in [1.29, 1.82) is 0 Å². The molecule has 2 aliphatic rings. The lowest BCUT2D eigenvalue weighted by molar-refractivity contribution is -0.143. The molecule has 0 aromatic rings. The zero-order valence-corrected chi connectivity index (χ0v) is 11.5. The van der Waals surface area contributed by atoms with Crippen LogP contribution in [0, 0.1) is 11.8 Å². The Morgan fingerprint density at radius 3 is 2.74 bits per heavy atom. The van der Waals surface area contributed by atoms with Gasteiger partial charge in [-0.25, -0.2) is 4.79 Å². The van der Waals surface area contributed by atoms with Crippen LogP contribution in [0.1, 0.15) is 33.1 Å². The van der Waals surface area contributed by atoms with Gasteiger partial charge in [-0.15, -0.1) is 0 Å². The van der Waals surface area contributed by atoms with E-state index in [1.807, 2.05) is 13.8 Å². The summed E-state index contributed by atoms with van der Waals surface area (Å²) in [6.07, 6.45) is 4.41. The summed E-state index contributed by atoms with van der Waals surface area (Å²) in [7, 11) is 0. The zero-order chi connectivity index (χ0) is 14.0. The molecule has 2 fully saturated rings. The molecular formula is C15H20O4. The molecule has 4 nitrogen and oxygen atoms in total. The van der Waals surface area contributed by atoms with Crippen molar-refractivity contribution in [1.82, 2.24) is 0 Å². The first-order valence-electron chi connectivity index (χ1n) is 6.69. The first-order valence-corrected chi connectivity index (χ1v) is 6.69. The highest BCUT2D eigenvalue weighted by Gasteiger charge is 2.31. The predicted octanol–water partition coefficient (Wildman–Crippen LogP) is 2.39. The molecule has 2 aliphatic heterocycles. The Kier molecular flexibility index (Phi) is 4.08. The fourth-order valence-corrected chi connectivity index (χ4v) is 2.48. The molecule has 3 atom stereocenters. The van der Waals surface area contributed by atoms with E-state index in [1.165, 1.54) is 5.57 Å². The van der Waals surface area contributed by atoms with Crippen molar-refractivity contribution in [3.05, 3.63) is 23.8 Å². The van der Waals surface area contributed by atoms with Crippen LogP contribution in [0.25, 0.3) is 0 Å². The SMILES string of the molecule is C=C1C(=O)OC[C@@H]1C/C=C(\C)C[C@H]1C[C@H](C)C(=O)O1. The van der Waals surface area contributed by atoms with Crippen LogP contribution in [0.2, 0.25) is 0 Å². The van der Waals surface area contributed by atoms with Gasteiger partial charge >= 0.3 is 11.9 Å². The van der Waals surface area contributed by atoms with Gasteiger partial charge in [0.15, 0.2) is 0 Å². The molecule has 0 aromatic heterocycles. The highest BCUT2D eigenvalue weighted by atomic mass is 16.6. The Labute approximate surface area is 113 Å². The van der Waals surface area contributed by atoms with Crippen molar-refractivity contribution in [2.24, 2.45) is 11.8 Å². The number of carbonyl (C=O) groups excluding carboxylic acids is 2. The number of carbonyl (C=O) groups is 2. The number of hydrogen-bond acceptors (Lipinski definition) is 4. The van der Waals surface area contributed by atoms with E-state index >= 15 is 0 Å². The third kappa shape index (κ3) is 3.25. The number of ether oxygens (including phenoxy) is 2. The second-order valence-electron chi connectivity index (χ2n) is 5.51. The molecule has 4 heteroatoms. The molecule has 0 amide bonds.